The van der Waals surface area contributed by atoms with Gasteiger partial charge in [-0.05, 0) is 11.6 Å². The minimum absolute atomic E-state index is 0.278. The monoisotopic (exact) mass is 422 g/mol. The number of rotatable bonds is 3. The van der Waals surface area contributed by atoms with Crippen LogP contribution < -0.4 is 4.90 Å². The summed E-state index contributed by atoms with van der Waals surface area (Å²) in [6.45, 7) is 0.370. The molecule has 0 saturated carbocycles. The molecular weight excluding hydrogens is 404 g/mol. The fourth-order valence-corrected chi connectivity index (χ4v) is 4.40. The highest BCUT2D eigenvalue weighted by Gasteiger charge is 2.54. The number of carbonyl (C=O) groups excluding carboxylic acids is 2. The Morgan fingerprint density at radius 1 is 0.967 bits per heavy atom. The van der Waals surface area contributed by atoms with Crippen molar-refractivity contribution < 1.29 is 9.59 Å². The van der Waals surface area contributed by atoms with Gasteiger partial charge in [0.05, 0.1) is 0 Å². The maximum Gasteiger partial charge on any atom is 0.327 e. The Balaban J connectivity index is 1.67. The maximum absolute atomic E-state index is 13.2. The second-order valence-corrected chi connectivity index (χ2v) is 7.84. The van der Waals surface area contributed by atoms with Gasteiger partial charge in [0.15, 0.2) is 11.9 Å². The zero-order valence-electron chi connectivity index (χ0n) is 16.4. The minimum Gasteiger partial charge on any atom is -0.320 e. The summed E-state index contributed by atoms with van der Waals surface area (Å²) >= 11 is 6.39. The number of halogens is 1. The summed E-state index contributed by atoms with van der Waals surface area (Å²) in [6, 6.07) is 16.1. The molecule has 152 valence electrons. The van der Waals surface area contributed by atoms with Gasteiger partial charge in [-0.3, -0.25) is 14.3 Å². The summed E-state index contributed by atoms with van der Waals surface area (Å²) in [4.78, 5) is 30.5. The molecule has 0 bridgehead atoms. The lowest BCUT2D eigenvalue weighted by Gasteiger charge is -2.40. The van der Waals surface area contributed by atoms with E-state index in [1.807, 2.05) is 64.1 Å². The van der Waals surface area contributed by atoms with Crippen molar-refractivity contribution >= 4 is 29.5 Å². The Kier molecular flexibility index (Phi) is 4.25. The number of likely N-dealkylation sites (N-methyl/N-ethyl adjacent to an activating group) is 2. The van der Waals surface area contributed by atoms with E-state index in [0.717, 1.165) is 16.0 Å². The van der Waals surface area contributed by atoms with Gasteiger partial charge in [-0.15, -0.1) is 10.2 Å². The summed E-state index contributed by atoms with van der Waals surface area (Å²) in [7, 11) is 3.20. The molecule has 3 heterocycles. The van der Waals surface area contributed by atoms with Crippen LogP contribution in [0.25, 0.3) is 11.4 Å². The largest absolute Gasteiger partial charge is 0.327 e. The van der Waals surface area contributed by atoms with Crippen molar-refractivity contribution in [3.05, 3.63) is 65.2 Å². The van der Waals surface area contributed by atoms with Crippen molar-refractivity contribution in [1.29, 1.82) is 0 Å². The number of carbonyl (C=O) groups is 2. The molecule has 0 N–H and O–H groups in total. The third-order valence-electron chi connectivity index (χ3n) is 5.72. The first-order valence-corrected chi connectivity index (χ1v) is 9.91. The van der Waals surface area contributed by atoms with Crippen LogP contribution in [0.2, 0.25) is 5.02 Å². The number of amides is 3. The van der Waals surface area contributed by atoms with E-state index in [0.29, 0.717) is 23.3 Å². The van der Waals surface area contributed by atoms with Gasteiger partial charge in [0, 0.05) is 31.2 Å². The molecule has 2 aromatic carbocycles. The SMILES string of the molecule is CN1C(=O)C2C(N(C)C1=O)n1c(-c3ccccc3)nnc1N2Cc1ccccc1Cl. The molecule has 1 fully saturated rings. The molecular formula is C21H19ClN6O2. The third-order valence-corrected chi connectivity index (χ3v) is 6.09. The van der Waals surface area contributed by atoms with Crippen molar-refractivity contribution in [3.63, 3.8) is 0 Å². The molecule has 0 radical (unpaired) electrons. The van der Waals surface area contributed by atoms with E-state index in [1.54, 1.807) is 11.9 Å². The molecule has 5 rings (SSSR count). The zero-order chi connectivity index (χ0) is 21.0. The number of nitrogens with zero attached hydrogens (tertiary/aromatic N) is 6. The molecule has 9 heteroatoms. The van der Waals surface area contributed by atoms with Gasteiger partial charge in [-0.25, -0.2) is 4.79 Å². The Hall–Kier alpha value is -3.39. The number of fused-ring (bicyclic) bond motifs is 3. The van der Waals surface area contributed by atoms with Gasteiger partial charge in [0.25, 0.3) is 5.91 Å². The zero-order valence-corrected chi connectivity index (χ0v) is 17.2. The van der Waals surface area contributed by atoms with Gasteiger partial charge in [-0.2, -0.15) is 0 Å². The van der Waals surface area contributed by atoms with Crippen molar-refractivity contribution in [2.24, 2.45) is 0 Å². The van der Waals surface area contributed by atoms with Crippen molar-refractivity contribution in [2.75, 3.05) is 19.0 Å². The van der Waals surface area contributed by atoms with Crippen LogP contribution in [0.3, 0.4) is 0 Å². The molecule has 0 aliphatic carbocycles. The van der Waals surface area contributed by atoms with Crippen LogP contribution >= 0.6 is 11.6 Å². The Bertz CT molecular complexity index is 1150. The Morgan fingerprint density at radius 3 is 2.40 bits per heavy atom. The summed E-state index contributed by atoms with van der Waals surface area (Å²) in [5, 5.41) is 9.41. The fourth-order valence-electron chi connectivity index (χ4n) is 4.20. The van der Waals surface area contributed by atoms with Crippen LogP contribution in [0.1, 0.15) is 11.7 Å². The number of anilines is 1. The van der Waals surface area contributed by atoms with Crippen LogP contribution in [-0.2, 0) is 11.3 Å². The summed E-state index contributed by atoms with van der Waals surface area (Å²) in [5.41, 5.74) is 1.73. The van der Waals surface area contributed by atoms with Gasteiger partial charge < -0.3 is 9.80 Å². The second kappa shape index (κ2) is 6.84. The molecule has 3 amide bonds. The van der Waals surface area contributed by atoms with E-state index in [9.17, 15) is 9.59 Å². The minimum atomic E-state index is -0.623. The number of hydrogen-bond donors (Lipinski definition) is 0. The third kappa shape index (κ3) is 2.60. The molecule has 30 heavy (non-hydrogen) atoms. The number of imide groups is 1. The second-order valence-electron chi connectivity index (χ2n) is 7.43. The van der Waals surface area contributed by atoms with Crippen LogP contribution in [-0.4, -0.2) is 56.6 Å². The van der Waals surface area contributed by atoms with E-state index in [4.69, 9.17) is 11.6 Å². The highest BCUT2D eigenvalue weighted by Crippen LogP contribution is 2.43. The van der Waals surface area contributed by atoms with E-state index in [2.05, 4.69) is 10.2 Å². The molecule has 0 spiro atoms. The van der Waals surface area contributed by atoms with Crippen LogP contribution in [0.5, 0.6) is 0 Å². The first-order valence-electron chi connectivity index (χ1n) is 9.53. The first-order chi connectivity index (χ1) is 14.5. The maximum atomic E-state index is 13.2. The summed E-state index contributed by atoms with van der Waals surface area (Å²) in [6.07, 6.45) is -0.552. The highest BCUT2D eigenvalue weighted by atomic mass is 35.5. The molecule has 2 aliphatic rings. The van der Waals surface area contributed by atoms with Crippen LogP contribution in [0, 0.1) is 0 Å². The fraction of sp³-hybridized carbons (Fsp3) is 0.238. The molecule has 1 saturated heterocycles. The molecule has 2 aliphatic heterocycles. The molecule has 2 atom stereocenters. The number of urea groups is 1. The van der Waals surface area contributed by atoms with Gasteiger partial charge in [0.2, 0.25) is 5.95 Å². The van der Waals surface area contributed by atoms with Gasteiger partial charge in [0.1, 0.15) is 6.17 Å². The van der Waals surface area contributed by atoms with Crippen LogP contribution in [0.15, 0.2) is 54.6 Å². The molecule has 1 aromatic heterocycles. The van der Waals surface area contributed by atoms with Gasteiger partial charge >= 0.3 is 6.03 Å². The van der Waals surface area contributed by atoms with E-state index in [1.165, 1.54) is 7.05 Å². The molecule has 2 unspecified atom stereocenters. The highest BCUT2D eigenvalue weighted by molar-refractivity contribution is 6.31. The molecule has 3 aromatic rings. The lowest BCUT2D eigenvalue weighted by atomic mass is 10.1. The average molecular weight is 423 g/mol. The lowest BCUT2D eigenvalue weighted by molar-refractivity contribution is -0.133. The van der Waals surface area contributed by atoms with Crippen LogP contribution in [0.4, 0.5) is 10.7 Å². The van der Waals surface area contributed by atoms with Crippen molar-refractivity contribution in [2.45, 2.75) is 18.8 Å². The van der Waals surface area contributed by atoms with E-state index < -0.39 is 12.2 Å². The summed E-state index contributed by atoms with van der Waals surface area (Å²) in [5.74, 6) is 0.867. The number of aromatic nitrogens is 3. The van der Waals surface area contributed by atoms with Crippen molar-refractivity contribution in [3.8, 4) is 11.4 Å². The summed E-state index contributed by atoms with van der Waals surface area (Å²) < 4.78 is 1.87. The van der Waals surface area contributed by atoms with Gasteiger partial charge in [-0.1, -0.05) is 60.1 Å². The average Bonchev–Trinajstić information content (AvgIpc) is 3.32. The Labute approximate surface area is 178 Å². The quantitative estimate of drug-likeness (QED) is 0.648. The predicted octanol–water partition coefficient (Wildman–Crippen LogP) is 3.01. The first kappa shape index (κ1) is 18.6. The van der Waals surface area contributed by atoms with Crippen molar-refractivity contribution in [1.82, 2.24) is 24.6 Å². The smallest absolute Gasteiger partial charge is 0.320 e. The van der Waals surface area contributed by atoms with E-state index in [-0.39, 0.29) is 11.9 Å². The lowest BCUT2D eigenvalue weighted by Crippen LogP contribution is -2.61. The standard InChI is InChI=1S/C21H19ClN6O2/c1-25-18-16(19(29)26(2)21(25)30)27(12-14-10-6-7-11-15(14)22)20-24-23-17(28(18)20)13-8-4-3-5-9-13/h3-11,16,18H,12H2,1-2H3. The normalized spacial score (nSPS) is 20.6. The Morgan fingerprint density at radius 2 is 1.67 bits per heavy atom. The topological polar surface area (TPSA) is 74.6 Å². The predicted molar refractivity (Wildman–Crippen MR) is 112 cm³/mol. The molecule has 8 nitrogen and oxygen atoms in total. The van der Waals surface area contributed by atoms with E-state index >= 15 is 0 Å². The number of hydrogen-bond acceptors (Lipinski definition) is 5. The number of benzene rings is 2.